The first-order chi connectivity index (χ1) is 9.03. The number of esters is 1. The van der Waals surface area contributed by atoms with E-state index in [0.717, 1.165) is 32.2 Å². The fourth-order valence-electron chi connectivity index (χ4n) is 2.42. The summed E-state index contributed by atoms with van der Waals surface area (Å²) < 4.78 is 30.8. The number of carbonyl (C=O) groups excluding carboxylic acids is 1. The van der Waals surface area contributed by atoms with Crippen molar-refractivity contribution in [3.8, 4) is 0 Å². The summed E-state index contributed by atoms with van der Waals surface area (Å²) in [6.45, 7) is 3.31. The van der Waals surface area contributed by atoms with Crippen molar-refractivity contribution >= 4 is 16.0 Å². The highest BCUT2D eigenvalue weighted by Gasteiger charge is 2.39. The summed E-state index contributed by atoms with van der Waals surface area (Å²) >= 11 is 0. The third kappa shape index (κ3) is 4.15. The van der Waals surface area contributed by atoms with Gasteiger partial charge in [-0.1, -0.05) is 0 Å². The minimum Gasteiger partial charge on any atom is -0.465 e. The number of nitrogens with one attached hydrogen (secondary N) is 1. The first kappa shape index (κ1) is 14.7. The van der Waals surface area contributed by atoms with Crippen LogP contribution in [-0.2, 0) is 19.6 Å². The van der Waals surface area contributed by atoms with E-state index in [4.69, 9.17) is 4.74 Å². The van der Waals surface area contributed by atoms with Crippen molar-refractivity contribution in [3.63, 3.8) is 0 Å². The van der Waals surface area contributed by atoms with E-state index in [1.807, 2.05) is 0 Å². The Labute approximate surface area is 114 Å². The van der Waals surface area contributed by atoms with Crippen molar-refractivity contribution in [2.45, 2.75) is 44.7 Å². The number of hydrogen-bond donors (Lipinski definition) is 1. The molecule has 6 nitrogen and oxygen atoms in total. The molecule has 1 saturated carbocycles. The Balaban J connectivity index is 1.98. The first-order valence-corrected chi connectivity index (χ1v) is 8.52. The van der Waals surface area contributed by atoms with Gasteiger partial charge in [-0.05, 0) is 39.2 Å². The molecule has 0 amide bonds. The molecule has 1 saturated heterocycles. The lowest BCUT2D eigenvalue weighted by molar-refractivity contribution is -0.140. The maximum atomic E-state index is 12.3. The number of nitrogens with zero attached hydrogens (tertiary/aromatic N) is 1. The molecule has 2 rings (SSSR count). The minimum absolute atomic E-state index is 0.0850. The van der Waals surface area contributed by atoms with E-state index in [2.05, 4.69) is 5.32 Å². The van der Waals surface area contributed by atoms with Gasteiger partial charge in [-0.15, -0.1) is 0 Å². The maximum Gasteiger partial charge on any atom is 0.322 e. The van der Waals surface area contributed by atoms with Gasteiger partial charge in [0.2, 0.25) is 10.0 Å². The van der Waals surface area contributed by atoms with E-state index in [1.165, 1.54) is 4.31 Å². The summed E-state index contributed by atoms with van der Waals surface area (Å²) in [7, 11) is -3.55. The topological polar surface area (TPSA) is 75.7 Å². The first-order valence-electron chi connectivity index (χ1n) is 6.91. The van der Waals surface area contributed by atoms with Crippen LogP contribution in [0, 0.1) is 0 Å². The monoisotopic (exact) mass is 290 g/mol. The lowest BCUT2D eigenvalue weighted by atomic mass is 10.2. The van der Waals surface area contributed by atoms with Crippen molar-refractivity contribution in [1.82, 2.24) is 9.62 Å². The van der Waals surface area contributed by atoms with E-state index in [-0.39, 0.29) is 18.7 Å². The molecule has 2 fully saturated rings. The molecule has 1 heterocycles. The fraction of sp³-hybridized carbons (Fsp3) is 0.917. The largest absolute Gasteiger partial charge is 0.465 e. The molecule has 1 aliphatic heterocycles. The second kappa shape index (κ2) is 6.19. The Kier molecular flexibility index (Phi) is 4.81. The van der Waals surface area contributed by atoms with E-state index in [0.29, 0.717) is 6.54 Å². The van der Waals surface area contributed by atoms with Crippen molar-refractivity contribution < 1.29 is 17.9 Å². The molecule has 1 N–H and O–H groups in total. The van der Waals surface area contributed by atoms with E-state index in [1.54, 1.807) is 6.92 Å². The lowest BCUT2D eigenvalue weighted by Gasteiger charge is -2.24. The molecule has 110 valence electrons. The van der Waals surface area contributed by atoms with Gasteiger partial charge < -0.3 is 10.1 Å². The highest BCUT2D eigenvalue weighted by Crippen LogP contribution is 2.30. The quantitative estimate of drug-likeness (QED) is 0.673. The van der Waals surface area contributed by atoms with Crippen LogP contribution in [0.15, 0.2) is 0 Å². The Morgan fingerprint density at radius 2 is 2.11 bits per heavy atom. The summed E-state index contributed by atoms with van der Waals surface area (Å²) in [5.74, 6) is -1.20. The van der Waals surface area contributed by atoms with Gasteiger partial charge in [-0.3, -0.25) is 4.79 Å². The van der Waals surface area contributed by atoms with E-state index >= 15 is 0 Å². The Hall–Kier alpha value is -0.660. The van der Waals surface area contributed by atoms with Gasteiger partial charge in [-0.25, -0.2) is 8.42 Å². The molecule has 1 unspecified atom stereocenters. The molecular formula is C12H22N2O4S. The van der Waals surface area contributed by atoms with Crippen molar-refractivity contribution in [1.29, 1.82) is 0 Å². The minimum atomic E-state index is -3.55. The average Bonchev–Trinajstić information content (AvgIpc) is 3.02. The summed E-state index contributed by atoms with van der Waals surface area (Å²) in [6, 6.07) is 0.305. The second-order valence-electron chi connectivity index (χ2n) is 5.16. The molecule has 0 spiro atoms. The molecular weight excluding hydrogens is 268 g/mol. The second-order valence-corrected chi connectivity index (χ2v) is 7.08. The Morgan fingerprint density at radius 1 is 1.37 bits per heavy atom. The van der Waals surface area contributed by atoms with E-state index < -0.39 is 21.7 Å². The van der Waals surface area contributed by atoms with Crippen LogP contribution in [0.3, 0.4) is 0 Å². The predicted molar refractivity (Wildman–Crippen MR) is 71.2 cm³/mol. The van der Waals surface area contributed by atoms with Crippen LogP contribution in [0.5, 0.6) is 0 Å². The normalized spacial score (nSPS) is 23.8. The summed E-state index contributed by atoms with van der Waals surface area (Å²) in [5.41, 5.74) is 0. The van der Waals surface area contributed by atoms with Crippen LogP contribution in [-0.4, -0.2) is 56.2 Å². The van der Waals surface area contributed by atoms with Crippen LogP contribution < -0.4 is 5.32 Å². The van der Waals surface area contributed by atoms with Gasteiger partial charge in [0.05, 0.1) is 6.61 Å². The summed E-state index contributed by atoms with van der Waals surface area (Å²) in [4.78, 5) is 11.4. The zero-order chi connectivity index (χ0) is 13.9. The van der Waals surface area contributed by atoms with Crippen LogP contribution in [0.25, 0.3) is 0 Å². The molecule has 19 heavy (non-hydrogen) atoms. The molecule has 0 aromatic heterocycles. The molecule has 1 atom stereocenters. The fourth-order valence-corrected chi connectivity index (χ4v) is 4.04. The van der Waals surface area contributed by atoms with Crippen LogP contribution >= 0.6 is 0 Å². The average molecular weight is 290 g/mol. The molecule has 1 aliphatic carbocycles. The van der Waals surface area contributed by atoms with Gasteiger partial charge in [0.1, 0.15) is 0 Å². The number of carbonyl (C=O) groups is 1. The van der Waals surface area contributed by atoms with Gasteiger partial charge >= 0.3 is 5.97 Å². The number of ether oxygens (including phenoxy) is 1. The maximum absolute atomic E-state index is 12.3. The summed E-state index contributed by atoms with van der Waals surface area (Å²) in [6.07, 6.45) is 3.88. The molecule has 7 heteroatoms. The summed E-state index contributed by atoms with van der Waals surface area (Å²) in [5, 5.41) is 3.30. The van der Waals surface area contributed by atoms with Gasteiger partial charge in [0.25, 0.3) is 0 Å². The Morgan fingerprint density at radius 3 is 2.63 bits per heavy atom. The zero-order valence-corrected chi connectivity index (χ0v) is 12.1. The predicted octanol–water partition coefficient (Wildman–Crippen LogP) is 0.0957. The molecule has 0 radical (unpaired) electrons. The van der Waals surface area contributed by atoms with Crippen molar-refractivity contribution in [2.24, 2.45) is 0 Å². The smallest absolute Gasteiger partial charge is 0.322 e. The molecule has 0 aromatic carbocycles. The highest BCUT2D eigenvalue weighted by molar-refractivity contribution is 7.89. The third-order valence-electron chi connectivity index (χ3n) is 3.48. The third-order valence-corrected chi connectivity index (χ3v) is 5.24. The molecule has 0 bridgehead atoms. The highest BCUT2D eigenvalue weighted by atomic mass is 32.2. The zero-order valence-electron chi connectivity index (χ0n) is 11.3. The Bertz CT molecular complexity index is 413. The van der Waals surface area contributed by atoms with Crippen molar-refractivity contribution in [2.75, 3.05) is 25.4 Å². The van der Waals surface area contributed by atoms with Gasteiger partial charge in [0.15, 0.2) is 5.75 Å². The van der Waals surface area contributed by atoms with Crippen LogP contribution in [0.4, 0.5) is 0 Å². The van der Waals surface area contributed by atoms with Crippen molar-refractivity contribution in [3.05, 3.63) is 0 Å². The SMILES string of the molecule is CCOC(=O)CS(=O)(=O)N(CC1CCCN1)C1CC1. The number of sulfonamides is 1. The van der Waals surface area contributed by atoms with Crippen LogP contribution in [0.1, 0.15) is 32.6 Å². The standard InChI is InChI=1S/C12H22N2O4S/c1-2-18-12(15)9-19(16,17)14(11-5-6-11)8-10-4-3-7-13-10/h10-11,13H,2-9H2,1H3. The lowest BCUT2D eigenvalue weighted by Crippen LogP contribution is -2.44. The van der Waals surface area contributed by atoms with E-state index in [9.17, 15) is 13.2 Å². The molecule has 0 aromatic rings. The van der Waals surface area contributed by atoms with Crippen LogP contribution in [0.2, 0.25) is 0 Å². The number of rotatable bonds is 7. The number of hydrogen-bond acceptors (Lipinski definition) is 5. The van der Waals surface area contributed by atoms with Gasteiger partial charge in [0, 0.05) is 18.6 Å². The molecule has 2 aliphatic rings. The van der Waals surface area contributed by atoms with Gasteiger partial charge in [-0.2, -0.15) is 4.31 Å².